The average Bonchev–Trinajstić information content (AvgIpc) is 3.18. The number of amides is 1. The summed E-state index contributed by atoms with van der Waals surface area (Å²) in [5, 5.41) is 4.00. The Morgan fingerprint density at radius 3 is 2.50 bits per heavy atom. The summed E-state index contributed by atoms with van der Waals surface area (Å²) in [4.78, 5) is 24.2. The van der Waals surface area contributed by atoms with Crippen molar-refractivity contribution in [3.63, 3.8) is 0 Å². The number of rotatable bonds is 6. The van der Waals surface area contributed by atoms with Crippen LogP contribution in [0.25, 0.3) is 21.3 Å². The fraction of sp³-hybridized carbons (Fsp3) is 0.136. The van der Waals surface area contributed by atoms with Crippen molar-refractivity contribution >= 4 is 39.2 Å². The van der Waals surface area contributed by atoms with Gasteiger partial charge in [0, 0.05) is 24.5 Å². The molecule has 2 heterocycles. The summed E-state index contributed by atoms with van der Waals surface area (Å²) < 4.78 is 0. The quantitative estimate of drug-likeness (QED) is 0.330. The number of hydrogen-bond donors (Lipinski definition) is 0. The molecule has 2 aromatic carbocycles. The first-order valence-corrected chi connectivity index (χ1v) is 10.8. The minimum absolute atomic E-state index is 0.0807. The number of thiophene rings is 1. The molecule has 0 aliphatic heterocycles. The predicted octanol–water partition coefficient (Wildman–Crippen LogP) is 5.11. The van der Waals surface area contributed by atoms with Gasteiger partial charge in [-0.3, -0.25) is 4.79 Å². The number of benzene rings is 2. The van der Waals surface area contributed by atoms with E-state index < -0.39 is 0 Å². The van der Waals surface area contributed by atoms with Crippen molar-refractivity contribution in [3.8, 4) is 11.1 Å². The summed E-state index contributed by atoms with van der Waals surface area (Å²) in [6.45, 7) is 0.604. The van der Waals surface area contributed by atoms with Crippen LogP contribution < -0.4 is 0 Å². The van der Waals surface area contributed by atoms with Crippen LogP contribution in [0.5, 0.6) is 0 Å². The molecule has 140 valence electrons. The number of aromatic nitrogens is 2. The highest BCUT2D eigenvalue weighted by atomic mass is 32.2. The van der Waals surface area contributed by atoms with Crippen molar-refractivity contribution in [2.45, 2.75) is 11.6 Å². The fourth-order valence-electron chi connectivity index (χ4n) is 2.97. The summed E-state index contributed by atoms with van der Waals surface area (Å²) in [6.07, 6.45) is 1.58. The average molecular weight is 406 g/mol. The minimum atomic E-state index is 0.0807. The number of nitrogens with zero attached hydrogens (tertiary/aromatic N) is 3. The van der Waals surface area contributed by atoms with Gasteiger partial charge in [-0.05, 0) is 11.1 Å². The third kappa shape index (κ3) is 4.08. The van der Waals surface area contributed by atoms with Crippen LogP contribution in [0.1, 0.15) is 5.56 Å². The van der Waals surface area contributed by atoms with E-state index in [2.05, 4.69) is 27.5 Å². The molecule has 0 N–H and O–H groups in total. The third-order valence-electron chi connectivity index (χ3n) is 4.44. The molecule has 0 aliphatic rings. The largest absolute Gasteiger partial charge is 0.341 e. The lowest BCUT2D eigenvalue weighted by Crippen LogP contribution is -2.27. The van der Waals surface area contributed by atoms with Gasteiger partial charge in [0.2, 0.25) is 5.91 Å². The molecule has 4 rings (SSSR count). The van der Waals surface area contributed by atoms with Crippen LogP contribution in [0, 0.1) is 0 Å². The van der Waals surface area contributed by atoms with Crippen molar-refractivity contribution in [1.29, 1.82) is 0 Å². The first-order chi connectivity index (χ1) is 13.7. The van der Waals surface area contributed by atoms with Gasteiger partial charge in [-0.25, -0.2) is 9.97 Å². The first kappa shape index (κ1) is 18.7. The molecule has 2 aromatic heterocycles. The SMILES string of the molecule is CN(Cc1ccccc1)C(=O)CSc1ncnc2scc(-c3ccccc3)c12. The van der Waals surface area contributed by atoms with Crippen LogP contribution in [-0.2, 0) is 11.3 Å². The molecule has 0 unspecified atom stereocenters. The van der Waals surface area contributed by atoms with Gasteiger partial charge >= 0.3 is 0 Å². The van der Waals surface area contributed by atoms with E-state index in [-0.39, 0.29) is 5.91 Å². The van der Waals surface area contributed by atoms with Gasteiger partial charge in [-0.15, -0.1) is 11.3 Å². The number of carbonyl (C=O) groups excluding carboxylic acids is 1. The maximum absolute atomic E-state index is 12.6. The van der Waals surface area contributed by atoms with Gasteiger partial charge in [-0.1, -0.05) is 72.4 Å². The van der Waals surface area contributed by atoms with E-state index >= 15 is 0 Å². The second-order valence-electron chi connectivity index (χ2n) is 6.40. The Balaban J connectivity index is 1.52. The highest BCUT2D eigenvalue weighted by Crippen LogP contribution is 2.37. The van der Waals surface area contributed by atoms with Crippen molar-refractivity contribution in [2.75, 3.05) is 12.8 Å². The monoisotopic (exact) mass is 405 g/mol. The lowest BCUT2D eigenvalue weighted by Gasteiger charge is -2.17. The molecule has 0 aliphatic carbocycles. The summed E-state index contributed by atoms with van der Waals surface area (Å²) in [5.41, 5.74) is 3.38. The van der Waals surface area contributed by atoms with E-state index in [1.54, 1.807) is 22.6 Å². The minimum Gasteiger partial charge on any atom is -0.341 e. The molecule has 1 amide bonds. The molecule has 0 atom stereocenters. The van der Waals surface area contributed by atoms with Crippen molar-refractivity contribution in [2.24, 2.45) is 0 Å². The Morgan fingerprint density at radius 1 is 1.04 bits per heavy atom. The second-order valence-corrected chi connectivity index (χ2v) is 8.22. The van der Waals surface area contributed by atoms with Crippen LogP contribution in [0.3, 0.4) is 0 Å². The van der Waals surface area contributed by atoms with Gasteiger partial charge in [0.1, 0.15) is 16.2 Å². The van der Waals surface area contributed by atoms with E-state index in [1.807, 2.05) is 55.6 Å². The summed E-state index contributed by atoms with van der Waals surface area (Å²) >= 11 is 3.08. The Labute approximate surface area is 172 Å². The third-order valence-corrected chi connectivity index (χ3v) is 6.30. The van der Waals surface area contributed by atoms with Gasteiger partial charge in [-0.2, -0.15) is 0 Å². The Morgan fingerprint density at radius 2 is 1.75 bits per heavy atom. The lowest BCUT2D eigenvalue weighted by molar-refractivity contribution is -0.127. The van der Waals surface area contributed by atoms with E-state index in [1.165, 1.54) is 11.8 Å². The molecule has 0 saturated heterocycles. The van der Waals surface area contributed by atoms with E-state index in [0.717, 1.165) is 31.9 Å². The first-order valence-electron chi connectivity index (χ1n) is 8.90. The zero-order chi connectivity index (χ0) is 19.3. The van der Waals surface area contributed by atoms with E-state index in [9.17, 15) is 4.79 Å². The molecular formula is C22H19N3OS2. The van der Waals surface area contributed by atoms with Crippen LogP contribution in [0.4, 0.5) is 0 Å². The molecule has 0 bridgehead atoms. The number of fused-ring (bicyclic) bond motifs is 1. The van der Waals surface area contributed by atoms with Crippen molar-refractivity contribution in [3.05, 3.63) is 77.9 Å². The summed E-state index contributed by atoms with van der Waals surface area (Å²) in [7, 11) is 1.84. The molecule has 6 heteroatoms. The number of hydrogen-bond acceptors (Lipinski definition) is 5. The number of thioether (sulfide) groups is 1. The summed E-state index contributed by atoms with van der Waals surface area (Å²) in [5.74, 6) is 0.427. The van der Waals surface area contributed by atoms with Crippen LogP contribution in [0.15, 0.2) is 77.4 Å². The van der Waals surface area contributed by atoms with Crippen LogP contribution in [-0.4, -0.2) is 33.6 Å². The topological polar surface area (TPSA) is 46.1 Å². The highest BCUT2D eigenvalue weighted by molar-refractivity contribution is 8.00. The van der Waals surface area contributed by atoms with Crippen molar-refractivity contribution < 1.29 is 4.79 Å². The molecule has 0 saturated carbocycles. The van der Waals surface area contributed by atoms with Gasteiger partial charge < -0.3 is 4.90 Å². The Hall–Kier alpha value is -2.70. The van der Waals surface area contributed by atoms with Crippen molar-refractivity contribution in [1.82, 2.24) is 14.9 Å². The summed E-state index contributed by atoms with van der Waals surface area (Å²) in [6, 6.07) is 20.2. The zero-order valence-corrected chi connectivity index (χ0v) is 17.0. The van der Waals surface area contributed by atoms with Gasteiger partial charge in [0.05, 0.1) is 11.1 Å². The highest BCUT2D eigenvalue weighted by Gasteiger charge is 2.16. The van der Waals surface area contributed by atoms with Crippen LogP contribution >= 0.6 is 23.1 Å². The Bertz CT molecular complexity index is 1080. The second kappa shape index (κ2) is 8.54. The van der Waals surface area contributed by atoms with Gasteiger partial charge in [0.25, 0.3) is 0 Å². The lowest BCUT2D eigenvalue weighted by atomic mass is 10.1. The zero-order valence-electron chi connectivity index (χ0n) is 15.4. The van der Waals surface area contributed by atoms with Crippen LogP contribution in [0.2, 0.25) is 0 Å². The Kier molecular flexibility index (Phi) is 5.69. The fourth-order valence-corrected chi connectivity index (χ4v) is 4.91. The van der Waals surface area contributed by atoms with E-state index in [0.29, 0.717) is 12.3 Å². The molecular weight excluding hydrogens is 386 g/mol. The predicted molar refractivity (Wildman–Crippen MR) is 116 cm³/mol. The molecule has 4 aromatic rings. The molecule has 0 spiro atoms. The smallest absolute Gasteiger partial charge is 0.233 e. The van der Waals surface area contributed by atoms with E-state index in [4.69, 9.17) is 0 Å². The molecule has 4 nitrogen and oxygen atoms in total. The number of carbonyl (C=O) groups is 1. The normalized spacial score (nSPS) is 10.9. The maximum atomic E-state index is 12.6. The molecule has 28 heavy (non-hydrogen) atoms. The molecule has 0 fully saturated rings. The van der Waals surface area contributed by atoms with Gasteiger partial charge in [0.15, 0.2) is 0 Å². The maximum Gasteiger partial charge on any atom is 0.233 e. The molecule has 0 radical (unpaired) electrons. The standard InChI is InChI=1S/C22H19N3OS2/c1-25(12-16-8-4-2-5-9-16)19(26)14-28-22-20-18(17-10-6-3-7-11-17)13-27-21(20)23-15-24-22/h2-11,13,15H,12,14H2,1H3.